The summed E-state index contributed by atoms with van der Waals surface area (Å²) >= 11 is 0. The summed E-state index contributed by atoms with van der Waals surface area (Å²) in [6.45, 7) is 0. The Bertz CT molecular complexity index is 601. The van der Waals surface area contributed by atoms with Crippen LogP contribution in [0.2, 0.25) is 0 Å². The van der Waals surface area contributed by atoms with Crippen molar-refractivity contribution in [2.75, 3.05) is 11.1 Å². The number of rotatable bonds is 3. The van der Waals surface area contributed by atoms with Crippen molar-refractivity contribution >= 4 is 17.5 Å². The Morgan fingerprint density at radius 3 is 2.89 bits per heavy atom. The number of nitrogens with zero attached hydrogens (tertiary/aromatic N) is 1. The summed E-state index contributed by atoms with van der Waals surface area (Å²) in [5, 5.41) is 2.96. The zero-order valence-corrected chi connectivity index (χ0v) is 10.5. The van der Waals surface area contributed by atoms with E-state index in [2.05, 4.69) is 15.3 Å². The number of nitrogens with two attached hydrogens (primary N) is 1. The number of aromatic nitrogens is 2. The van der Waals surface area contributed by atoms with Gasteiger partial charge in [0.05, 0.1) is 11.9 Å². The van der Waals surface area contributed by atoms with Crippen LogP contribution in [0.25, 0.3) is 11.3 Å². The van der Waals surface area contributed by atoms with Gasteiger partial charge in [0, 0.05) is 17.2 Å². The van der Waals surface area contributed by atoms with Gasteiger partial charge in [-0.1, -0.05) is 18.6 Å². The highest BCUT2D eigenvalue weighted by Crippen LogP contribution is 2.28. The van der Waals surface area contributed by atoms with Crippen molar-refractivity contribution in [3.05, 3.63) is 30.5 Å². The molecule has 0 saturated heterocycles. The first-order valence-electron chi connectivity index (χ1n) is 6.44. The van der Waals surface area contributed by atoms with Crippen LogP contribution in [0, 0.1) is 5.92 Å². The number of amides is 1. The predicted molar refractivity (Wildman–Crippen MR) is 74.4 cm³/mol. The minimum atomic E-state index is 0.118. The molecule has 1 aliphatic carbocycles. The summed E-state index contributed by atoms with van der Waals surface area (Å²) in [4.78, 5) is 18.8. The summed E-state index contributed by atoms with van der Waals surface area (Å²) in [6, 6.07) is 7.66. The molecule has 5 nitrogen and oxygen atoms in total. The van der Waals surface area contributed by atoms with E-state index in [0.717, 1.165) is 36.2 Å². The molecule has 1 fully saturated rings. The highest BCUT2D eigenvalue weighted by Gasteiger charge is 2.25. The van der Waals surface area contributed by atoms with Crippen LogP contribution in [0.5, 0.6) is 0 Å². The standard InChI is InChI=1S/C14H16N4O/c15-14-16-8-12(18-14)10-5-2-6-11(7-10)17-13(19)9-3-1-4-9/h2,5-9H,1,3-4H2,(H,17,19)(H3,15,16,18). The van der Waals surface area contributed by atoms with Crippen LogP contribution >= 0.6 is 0 Å². The number of hydrogen-bond acceptors (Lipinski definition) is 3. The zero-order valence-electron chi connectivity index (χ0n) is 10.5. The first kappa shape index (κ1) is 11.8. The van der Waals surface area contributed by atoms with Gasteiger partial charge in [0.15, 0.2) is 5.95 Å². The second kappa shape index (κ2) is 4.76. The molecule has 0 spiro atoms. The largest absolute Gasteiger partial charge is 0.369 e. The van der Waals surface area contributed by atoms with Crippen LogP contribution < -0.4 is 11.1 Å². The third-order valence-corrected chi connectivity index (χ3v) is 3.51. The summed E-state index contributed by atoms with van der Waals surface area (Å²) in [7, 11) is 0. The van der Waals surface area contributed by atoms with Crippen LogP contribution in [-0.2, 0) is 4.79 Å². The van der Waals surface area contributed by atoms with E-state index in [0.29, 0.717) is 5.95 Å². The van der Waals surface area contributed by atoms with E-state index in [4.69, 9.17) is 5.73 Å². The maximum atomic E-state index is 11.9. The summed E-state index contributed by atoms with van der Waals surface area (Å²) in [5.74, 6) is 0.692. The Morgan fingerprint density at radius 2 is 2.26 bits per heavy atom. The van der Waals surface area contributed by atoms with Gasteiger partial charge in [-0.15, -0.1) is 0 Å². The molecule has 5 heteroatoms. The number of H-pyrrole nitrogens is 1. The lowest BCUT2D eigenvalue weighted by atomic mass is 9.85. The Hall–Kier alpha value is -2.30. The lowest BCUT2D eigenvalue weighted by Gasteiger charge is -2.24. The van der Waals surface area contributed by atoms with E-state index in [1.54, 1.807) is 6.20 Å². The number of carbonyl (C=O) groups is 1. The second-order valence-electron chi connectivity index (χ2n) is 4.88. The highest BCUT2D eigenvalue weighted by molar-refractivity contribution is 5.93. The molecule has 0 aliphatic heterocycles. The number of carbonyl (C=O) groups excluding carboxylic acids is 1. The van der Waals surface area contributed by atoms with Crippen molar-refractivity contribution < 1.29 is 4.79 Å². The summed E-state index contributed by atoms with van der Waals surface area (Å²) in [5.41, 5.74) is 8.17. The molecule has 0 atom stereocenters. The molecule has 19 heavy (non-hydrogen) atoms. The average Bonchev–Trinajstić information content (AvgIpc) is 2.74. The first-order chi connectivity index (χ1) is 9.22. The van der Waals surface area contributed by atoms with Crippen LogP contribution in [0.15, 0.2) is 30.5 Å². The van der Waals surface area contributed by atoms with E-state index in [-0.39, 0.29) is 11.8 Å². The van der Waals surface area contributed by atoms with Gasteiger partial charge in [0.25, 0.3) is 0 Å². The smallest absolute Gasteiger partial charge is 0.227 e. The van der Waals surface area contributed by atoms with Gasteiger partial charge in [0.2, 0.25) is 5.91 Å². The van der Waals surface area contributed by atoms with E-state index in [9.17, 15) is 4.79 Å². The lowest BCUT2D eigenvalue weighted by molar-refractivity contribution is -0.122. The number of anilines is 2. The highest BCUT2D eigenvalue weighted by atomic mass is 16.1. The predicted octanol–water partition coefficient (Wildman–Crippen LogP) is 2.40. The number of hydrogen-bond donors (Lipinski definition) is 3. The second-order valence-corrected chi connectivity index (χ2v) is 4.88. The molecule has 1 aromatic carbocycles. The van der Waals surface area contributed by atoms with Crippen molar-refractivity contribution in [1.82, 2.24) is 9.97 Å². The molecule has 98 valence electrons. The van der Waals surface area contributed by atoms with E-state index < -0.39 is 0 Å². The van der Waals surface area contributed by atoms with Crippen LogP contribution in [0.3, 0.4) is 0 Å². The molecule has 0 unspecified atom stereocenters. The number of aromatic amines is 1. The first-order valence-corrected chi connectivity index (χ1v) is 6.44. The van der Waals surface area contributed by atoms with Gasteiger partial charge in [0.1, 0.15) is 0 Å². The fraction of sp³-hybridized carbons (Fsp3) is 0.286. The maximum absolute atomic E-state index is 11.9. The number of benzene rings is 1. The molecule has 1 heterocycles. The Kier molecular flexibility index (Phi) is 2.95. The molecule has 0 bridgehead atoms. The molecular formula is C14H16N4O. The molecule has 2 aromatic rings. The lowest BCUT2D eigenvalue weighted by Crippen LogP contribution is -2.27. The van der Waals surface area contributed by atoms with Crippen LogP contribution in [0.4, 0.5) is 11.6 Å². The SMILES string of the molecule is Nc1ncc(-c2cccc(NC(=O)C3CCC3)c2)[nH]1. The van der Waals surface area contributed by atoms with Gasteiger partial charge >= 0.3 is 0 Å². The molecule has 1 amide bonds. The topological polar surface area (TPSA) is 83.8 Å². The Labute approximate surface area is 111 Å². The van der Waals surface area contributed by atoms with Gasteiger partial charge in [-0.2, -0.15) is 0 Å². The number of nitrogen functional groups attached to an aromatic ring is 1. The summed E-state index contributed by atoms with van der Waals surface area (Å²) < 4.78 is 0. The fourth-order valence-electron chi connectivity index (χ4n) is 2.16. The summed E-state index contributed by atoms with van der Waals surface area (Å²) in [6.07, 6.45) is 4.85. The van der Waals surface area contributed by atoms with Crippen molar-refractivity contribution in [3.63, 3.8) is 0 Å². The molecule has 1 aromatic heterocycles. The minimum absolute atomic E-state index is 0.118. The monoisotopic (exact) mass is 256 g/mol. The molecule has 1 saturated carbocycles. The quantitative estimate of drug-likeness (QED) is 0.788. The maximum Gasteiger partial charge on any atom is 0.227 e. The number of nitrogens with one attached hydrogen (secondary N) is 2. The molecule has 4 N–H and O–H groups in total. The normalized spacial score (nSPS) is 14.9. The molecular weight excluding hydrogens is 240 g/mol. The van der Waals surface area contributed by atoms with E-state index in [1.807, 2.05) is 24.3 Å². The van der Waals surface area contributed by atoms with Crippen LogP contribution in [0.1, 0.15) is 19.3 Å². The van der Waals surface area contributed by atoms with E-state index in [1.165, 1.54) is 0 Å². The van der Waals surface area contributed by atoms with Gasteiger partial charge in [-0.25, -0.2) is 4.98 Å². The third-order valence-electron chi connectivity index (χ3n) is 3.51. The van der Waals surface area contributed by atoms with Crippen molar-refractivity contribution in [2.24, 2.45) is 5.92 Å². The van der Waals surface area contributed by atoms with Gasteiger partial charge in [-0.05, 0) is 25.0 Å². The minimum Gasteiger partial charge on any atom is -0.369 e. The fourth-order valence-corrected chi connectivity index (χ4v) is 2.16. The van der Waals surface area contributed by atoms with Crippen molar-refractivity contribution in [2.45, 2.75) is 19.3 Å². The van der Waals surface area contributed by atoms with Gasteiger partial charge in [-0.3, -0.25) is 4.79 Å². The van der Waals surface area contributed by atoms with E-state index >= 15 is 0 Å². The van der Waals surface area contributed by atoms with Gasteiger partial charge < -0.3 is 16.0 Å². The van der Waals surface area contributed by atoms with Crippen molar-refractivity contribution in [3.8, 4) is 11.3 Å². The molecule has 3 rings (SSSR count). The zero-order chi connectivity index (χ0) is 13.2. The average molecular weight is 256 g/mol. The van der Waals surface area contributed by atoms with Crippen LogP contribution in [-0.4, -0.2) is 15.9 Å². The Morgan fingerprint density at radius 1 is 1.42 bits per heavy atom. The number of imidazole rings is 1. The molecule has 0 radical (unpaired) electrons. The third kappa shape index (κ3) is 2.45. The molecule has 1 aliphatic rings. The van der Waals surface area contributed by atoms with Crippen molar-refractivity contribution in [1.29, 1.82) is 0 Å². The Balaban J connectivity index is 1.77.